The van der Waals surface area contributed by atoms with Crippen molar-refractivity contribution in [2.75, 3.05) is 6.54 Å². The van der Waals surface area contributed by atoms with Gasteiger partial charge >= 0.3 is 0 Å². The van der Waals surface area contributed by atoms with Crippen molar-refractivity contribution in [2.24, 2.45) is 0 Å². The fraction of sp³-hybridized carbons (Fsp3) is 0.643. The zero-order valence-electron chi connectivity index (χ0n) is 11.6. The van der Waals surface area contributed by atoms with Crippen LogP contribution in [0, 0.1) is 13.8 Å². The molecule has 1 aromatic heterocycles. The highest BCUT2D eigenvalue weighted by Gasteiger charge is 2.11. The molecule has 0 aliphatic rings. The molecule has 3 nitrogen and oxygen atoms in total. The molecule has 0 spiro atoms. The summed E-state index contributed by atoms with van der Waals surface area (Å²) in [5.74, 6) is 0. The molecule has 1 rings (SSSR count). The Bertz CT molecular complexity index is 433. The maximum Gasteiger partial charge on any atom is 0.255 e. The van der Waals surface area contributed by atoms with Gasteiger partial charge in [-0.05, 0) is 52.3 Å². The molecule has 96 valence electrons. The van der Waals surface area contributed by atoms with E-state index in [2.05, 4.69) is 18.3 Å². The van der Waals surface area contributed by atoms with Crippen LogP contribution in [0.3, 0.4) is 0 Å². The molecule has 0 unspecified atom stereocenters. The summed E-state index contributed by atoms with van der Waals surface area (Å²) in [5.41, 5.74) is 3.19. The Kier molecular flexibility index (Phi) is 4.94. The quantitative estimate of drug-likeness (QED) is 0.797. The molecule has 0 saturated carbocycles. The number of hydrogen-bond donors (Lipinski definition) is 1. The van der Waals surface area contributed by atoms with Crippen molar-refractivity contribution in [2.45, 2.75) is 53.6 Å². The number of nitrogens with zero attached hydrogens (tertiary/aromatic N) is 1. The van der Waals surface area contributed by atoms with Crippen LogP contribution >= 0.6 is 0 Å². The van der Waals surface area contributed by atoms with Crippen molar-refractivity contribution < 1.29 is 0 Å². The van der Waals surface area contributed by atoms with E-state index >= 15 is 0 Å². The van der Waals surface area contributed by atoms with Crippen LogP contribution < -0.4 is 10.9 Å². The number of nitrogens with one attached hydrogen (secondary N) is 1. The first-order valence-corrected chi connectivity index (χ1v) is 6.41. The molecule has 0 amide bonds. The van der Waals surface area contributed by atoms with Gasteiger partial charge in [-0.2, -0.15) is 0 Å². The third-order valence-electron chi connectivity index (χ3n) is 3.00. The highest BCUT2D eigenvalue weighted by atomic mass is 16.1. The Balaban J connectivity index is 3.13. The number of rotatable bonds is 5. The maximum atomic E-state index is 12.4. The average molecular weight is 236 g/mol. The molecule has 0 radical (unpaired) electrons. The lowest BCUT2D eigenvalue weighted by molar-refractivity contribution is 0.550. The van der Waals surface area contributed by atoms with Crippen molar-refractivity contribution >= 4 is 0 Å². The van der Waals surface area contributed by atoms with Gasteiger partial charge in [0, 0.05) is 23.8 Å². The molecule has 1 heterocycles. The molecule has 1 aromatic rings. The SMILES string of the molecule is CCCNCc1c(C)cc(C)n(C(C)C)c1=O. The van der Waals surface area contributed by atoms with Gasteiger partial charge in [0.05, 0.1) is 0 Å². The Labute approximate surface area is 104 Å². The van der Waals surface area contributed by atoms with Crippen LogP contribution in [0.15, 0.2) is 10.9 Å². The van der Waals surface area contributed by atoms with E-state index in [9.17, 15) is 4.79 Å². The molecule has 0 bridgehead atoms. The lowest BCUT2D eigenvalue weighted by Gasteiger charge is -2.17. The normalized spacial score (nSPS) is 11.2. The van der Waals surface area contributed by atoms with E-state index in [1.165, 1.54) is 0 Å². The summed E-state index contributed by atoms with van der Waals surface area (Å²) in [5, 5.41) is 3.31. The van der Waals surface area contributed by atoms with Crippen molar-refractivity contribution in [3.05, 3.63) is 33.2 Å². The van der Waals surface area contributed by atoms with Crippen LogP contribution in [-0.4, -0.2) is 11.1 Å². The second-order valence-electron chi connectivity index (χ2n) is 4.89. The van der Waals surface area contributed by atoms with E-state index in [0.29, 0.717) is 6.54 Å². The monoisotopic (exact) mass is 236 g/mol. The van der Waals surface area contributed by atoms with Crippen LogP contribution in [0.25, 0.3) is 0 Å². The van der Waals surface area contributed by atoms with E-state index in [4.69, 9.17) is 0 Å². The minimum atomic E-state index is 0.154. The summed E-state index contributed by atoms with van der Waals surface area (Å²) in [6.07, 6.45) is 1.09. The Morgan fingerprint density at radius 1 is 1.35 bits per heavy atom. The largest absolute Gasteiger partial charge is 0.312 e. The Morgan fingerprint density at radius 2 is 2.00 bits per heavy atom. The first-order chi connectivity index (χ1) is 7.99. The van der Waals surface area contributed by atoms with E-state index in [0.717, 1.165) is 29.8 Å². The van der Waals surface area contributed by atoms with Crippen molar-refractivity contribution in [1.82, 2.24) is 9.88 Å². The van der Waals surface area contributed by atoms with E-state index in [-0.39, 0.29) is 11.6 Å². The Morgan fingerprint density at radius 3 is 2.53 bits per heavy atom. The molecule has 17 heavy (non-hydrogen) atoms. The topological polar surface area (TPSA) is 34.0 Å². The summed E-state index contributed by atoms with van der Waals surface area (Å²) in [4.78, 5) is 12.4. The predicted octanol–water partition coefficient (Wildman–Crippen LogP) is 2.55. The maximum absolute atomic E-state index is 12.4. The Hall–Kier alpha value is -1.09. The zero-order chi connectivity index (χ0) is 13.0. The first-order valence-electron chi connectivity index (χ1n) is 6.41. The molecule has 1 N–H and O–H groups in total. The van der Waals surface area contributed by atoms with Crippen LogP contribution in [0.2, 0.25) is 0 Å². The molecule has 0 saturated heterocycles. The fourth-order valence-corrected chi connectivity index (χ4v) is 2.19. The van der Waals surface area contributed by atoms with Crippen molar-refractivity contribution in [3.63, 3.8) is 0 Å². The number of aryl methyl sites for hydroxylation is 2. The van der Waals surface area contributed by atoms with Gasteiger partial charge < -0.3 is 9.88 Å². The number of hydrogen-bond acceptors (Lipinski definition) is 2. The molecule has 0 fully saturated rings. The molecular formula is C14H24N2O. The molecule has 0 aliphatic heterocycles. The van der Waals surface area contributed by atoms with E-state index < -0.39 is 0 Å². The zero-order valence-corrected chi connectivity index (χ0v) is 11.6. The second-order valence-corrected chi connectivity index (χ2v) is 4.89. The third-order valence-corrected chi connectivity index (χ3v) is 3.00. The summed E-state index contributed by atoms with van der Waals surface area (Å²) >= 11 is 0. The highest BCUT2D eigenvalue weighted by molar-refractivity contribution is 5.26. The molecule has 0 atom stereocenters. The summed E-state index contributed by atoms with van der Waals surface area (Å²) in [7, 11) is 0. The van der Waals surface area contributed by atoms with Gasteiger partial charge in [-0.3, -0.25) is 4.79 Å². The van der Waals surface area contributed by atoms with Gasteiger partial charge in [-0.15, -0.1) is 0 Å². The van der Waals surface area contributed by atoms with Gasteiger partial charge in [0.25, 0.3) is 5.56 Å². The second kappa shape index (κ2) is 6.01. The molecule has 0 aromatic carbocycles. The van der Waals surface area contributed by atoms with Crippen molar-refractivity contribution in [1.29, 1.82) is 0 Å². The van der Waals surface area contributed by atoms with Gasteiger partial charge in [0.15, 0.2) is 0 Å². The standard InChI is InChI=1S/C14H24N2O/c1-6-7-15-9-13-11(4)8-12(5)16(10(2)3)14(13)17/h8,10,15H,6-7,9H2,1-5H3. The summed E-state index contributed by atoms with van der Waals surface area (Å²) < 4.78 is 1.87. The number of aromatic nitrogens is 1. The molecule has 3 heteroatoms. The summed E-state index contributed by atoms with van der Waals surface area (Å²) in [6, 6.07) is 2.32. The van der Waals surface area contributed by atoms with Gasteiger partial charge in [0.1, 0.15) is 0 Å². The molecular weight excluding hydrogens is 212 g/mol. The van der Waals surface area contributed by atoms with Crippen LogP contribution in [0.1, 0.15) is 50.1 Å². The van der Waals surface area contributed by atoms with Crippen molar-refractivity contribution in [3.8, 4) is 0 Å². The third kappa shape index (κ3) is 3.19. The smallest absolute Gasteiger partial charge is 0.255 e. The van der Waals surface area contributed by atoms with Gasteiger partial charge in [-0.25, -0.2) is 0 Å². The minimum Gasteiger partial charge on any atom is -0.312 e. The lowest BCUT2D eigenvalue weighted by atomic mass is 10.1. The average Bonchev–Trinajstić information content (AvgIpc) is 2.21. The predicted molar refractivity (Wildman–Crippen MR) is 72.6 cm³/mol. The van der Waals surface area contributed by atoms with Crippen LogP contribution in [0.5, 0.6) is 0 Å². The van der Waals surface area contributed by atoms with E-state index in [1.54, 1.807) is 0 Å². The summed E-state index contributed by atoms with van der Waals surface area (Å²) in [6.45, 7) is 11.9. The lowest BCUT2D eigenvalue weighted by Crippen LogP contribution is -2.31. The van der Waals surface area contributed by atoms with Gasteiger partial charge in [0.2, 0.25) is 0 Å². The first kappa shape index (κ1) is 14.0. The molecule has 0 aliphatic carbocycles. The number of pyridine rings is 1. The minimum absolute atomic E-state index is 0.154. The highest BCUT2D eigenvalue weighted by Crippen LogP contribution is 2.10. The van der Waals surface area contributed by atoms with Crippen LogP contribution in [0.4, 0.5) is 0 Å². The fourth-order valence-electron chi connectivity index (χ4n) is 2.19. The van der Waals surface area contributed by atoms with Crippen LogP contribution in [-0.2, 0) is 6.54 Å². The van der Waals surface area contributed by atoms with E-state index in [1.807, 2.05) is 32.3 Å². The van der Waals surface area contributed by atoms with Gasteiger partial charge in [-0.1, -0.05) is 6.92 Å².